The Balaban J connectivity index is 3.09. The van der Waals surface area contributed by atoms with Crippen LogP contribution in [0, 0.1) is 0 Å². The topological polar surface area (TPSA) is 42.4 Å². The average Bonchev–Trinajstić information content (AvgIpc) is 2.19. The summed E-state index contributed by atoms with van der Waals surface area (Å²) in [6, 6.07) is 3.56. The molecular weight excluding hydrogens is 190 g/mol. The summed E-state index contributed by atoms with van der Waals surface area (Å²) in [5, 5.41) is 9.41. The molecule has 0 saturated carbocycles. The van der Waals surface area contributed by atoms with Crippen LogP contribution < -0.4 is 4.74 Å². The summed E-state index contributed by atoms with van der Waals surface area (Å²) in [7, 11) is 0. The van der Waals surface area contributed by atoms with E-state index in [1.807, 2.05) is 6.92 Å². The molecule has 0 saturated heterocycles. The van der Waals surface area contributed by atoms with Crippen LogP contribution in [0.1, 0.15) is 19.5 Å². The van der Waals surface area contributed by atoms with Gasteiger partial charge in [-0.3, -0.25) is 4.98 Å². The number of ether oxygens (including phenoxy) is 1. The maximum Gasteiger partial charge on any atom is 0.122 e. The van der Waals surface area contributed by atoms with Crippen LogP contribution in [0.25, 0.3) is 5.57 Å². The van der Waals surface area contributed by atoms with E-state index < -0.39 is 0 Å². The lowest BCUT2D eigenvalue weighted by Gasteiger charge is -2.06. The van der Waals surface area contributed by atoms with Gasteiger partial charge in [0.2, 0.25) is 0 Å². The number of hydrogen-bond donors (Lipinski definition) is 1. The van der Waals surface area contributed by atoms with E-state index in [9.17, 15) is 5.11 Å². The molecule has 0 atom stereocenters. The Bertz CT molecular complexity index is 379. The van der Waals surface area contributed by atoms with Crippen molar-refractivity contribution in [2.45, 2.75) is 13.8 Å². The summed E-state index contributed by atoms with van der Waals surface area (Å²) in [6.07, 6.45) is 3.22. The van der Waals surface area contributed by atoms with E-state index in [2.05, 4.69) is 11.6 Å². The van der Waals surface area contributed by atoms with Crippen LogP contribution in [0.5, 0.6) is 5.75 Å². The third-order valence-corrected chi connectivity index (χ3v) is 1.91. The molecule has 0 amide bonds. The van der Waals surface area contributed by atoms with E-state index in [1.165, 1.54) is 0 Å². The molecule has 3 nitrogen and oxygen atoms in total. The second-order valence-corrected chi connectivity index (χ2v) is 3.01. The number of aliphatic hydroxyl groups excluding tert-OH is 1. The Labute approximate surface area is 89.7 Å². The molecule has 0 aromatic carbocycles. The number of hydrogen-bond acceptors (Lipinski definition) is 3. The third kappa shape index (κ3) is 2.84. The first-order valence-corrected chi connectivity index (χ1v) is 4.80. The van der Waals surface area contributed by atoms with E-state index in [1.54, 1.807) is 31.3 Å². The number of nitrogens with zero attached hydrogens (tertiary/aromatic N) is 1. The number of aliphatic hydroxyl groups is 1. The van der Waals surface area contributed by atoms with Gasteiger partial charge in [0.05, 0.1) is 18.1 Å². The van der Waals surface area contributed by atoms with E-state index >= 15 is 0 Å². The van der Waals surface area contributed by atoms with Gasteiger partial charge in [0.15, 0.2) is 0 Å². The molecule has 1 aromatic rings. The molecule has 0 fully saturated rings. The van der Waals surface area contributed by atoms with Gasteiger partial charge in [-0.15, -0.1) is 0 Å². The number of allylic oxidation sites excluding steroid dienone is 3. The minimum atomic E-state index is 0.200. The van der Waals surface area contributed by atoms with E-state index in [4.69, 9.17) is 4.74 Å². The molecule has 0 aliphatic heterocycles. The van der Waals surface area contributed by atoms with Gasteiger partial charge in [0.1, 0.15) is 5.75 Å². The highest BCUT2D eigenvalue weighted by Gasteiger charge is 2.04. The Morgan fingerprint density at radius 3 is 2.93 bits per heavy atom. The van der Waals surface area contributed by atoms with Crippen molar-refractivity contribution in [3.8, 4) is 5.75 Å². The molecule has 0 spiro atoms. The van der Waals surface area contributed by atoms with Gasteiger partial charge in [-0.25, -0.2) is 0 Å². The quantitative estimate of drug-likeness (QED) is 0.607. The minimum absolute atomic E-state index is 0.200. The molecule has 0 bridgehead atoms. The van der Waals surface area contributed by atoms with Crippen molar-refractivity contribution >= 4 is 5.57 Å². The van der Waals surface area contributed by atoms with Gasteiger partial charge in [0, 0.05) is 17.8 Å². The van der Waals surface area contributed by atoms with Crippen molar-refractivity contribution < 1.29 is 9.84 Å². The second kappa shape index (κ2) is 5.20. The first-order valence-electron chi connectivity index (χ1n) is 4.80. The summed E-state index contributed by atoms with van der Waals surface area (Å²) in [4.78, 5) is 4.14. The van der Waals surface area contributed by atoms with Gasteiger partial charge in [-0.05, 0) is 19.9 Å². The summed E-state index contributed by atoms with van der Waals surface area (Å²) < 4.78 is 5.34. The van der Waals surface area contributed by atoms with Crippen LogP contribution >= 0.6 is 0 Å². The van der Waals surface area contributed by atoms with E-state index in [0.717, 1.165) is 5.75 Å². The SMILES string of the molecule is C=C/C(=C(\C)O)c1cc(OCC)ccn1. The number of pyridine rings is 1. The van der Waals surface area contributed by atoms with Gasteiger partial charge < -0.3 is 9.84 Å². The fraction of sp³-hybridized carbons (Fsp3) is 0.250. The summed E-state index contributed by atoms with van der Waals surface area (Å²) in [5.41, 5.74) is 1.28. The largest absolute Gasteiger partial charge is 0.512 e. The Morgan fingerprint density at radius 1 is 1.67 bits per heavy atom. The van der Waals surface area contributed by atoms with Crippen molar-refractivity contribution in [1.29, 1.82) is 0 Å². The smallest absolute Gasteiger partial charge is 0.122 e. The molecule has 1 heterocycles. The molecule has 1 aromatic heterocycles. The summed E-state index contributed by atoms with van der Waals surface area (Å²) in [6.45, 7) is 7.76. The zero-order valence-corrected chi connectivity index (χ0v) is 9.03. The third-order valence-electron chi connectivity index (χ3n) is 1.91. The van der Waals surface area contributed by atoms with Gasteiger partial charge in [-0.1, -0.05) is 12.7 Å². The van der Waals surface area contributed by atoms with Crippen LogP contribution in [0.2, 0.25) is 0 Å². The van der Waals surface area contributed by atoms with Crippen molar-refractivity contribution in [3.05, 3.63) is 42.4 Å². The lowest BCUT2D eigenvalue weighted by atomic mass is 10.1. The zero-order valence-electron chi connectivity index (χ0n) is 9.03. The predicted octanol–water partition coefficient (Wildman–Crippen LogP) is 2.96. The number of rotatable bonds is 4. The van der Waals surface area contributed by atoms with Crippen molar-refractivity contribution in [3.63, 3.8) is 0 Å². The first kappa shape index (κ1) is 11.3. The predicted molar refractivity (Wildman–Crippen MR) is 60.8 cm³/mol. The highest BCUT2D eigenvalue weighted by Crippen LogP contribution is 2.20. The summed E-state index contributed by atoms with van der Waals surface area (Å²) >= 11 is 0. The van der Waals surface area contributed by atoms with Crippen LogP contribution in [0.3, 0.4) is 0 Å². The molecule has 0 radical (unpaired) electrons. The summed E-state index contributed by atoms with van der Waals surface area (Å²) in [5.74, 6) is 0.939. The minimum Gasteiger partial charge on any atom is -0.512 e. The standard InChI is InChI=1S/C12H15NO2/c1-4-11(9(3)14)12-8-10(15-5-2)6-7-13-12/h4,6-8,14H,1,5H2,2-3H3/b11-9-. The maximum atomic E-state index is 9.41. The lowest BCUT2D eigenvalue weighted by molar-refractivity contribution is 0.339. The van der Waals surface area contributed by atoms with E-state index in [0.29, 0.717) is 17.9 Å². The monoisotopic (exact) mass is 205 g/mol. The van der Waals surface area contributed by atoms with Crippen molar-refractivity contribution in [2.24, 2.45) is 0 Å². The Kier molecular flexibility index (Phi) is 3.92. The molecule has 0 aliphatic rings. The zero-order chi connectivity index (χ0) is 11.3. The average molecular weight is 205 g/mol. The Hall–Kier alpha value is -1.77. The molecule has 0 aliphatic carbocycles. The van der Waals surface area contributed by atoms with E-state index in [-0.39, 0.29) is 5.76 Å². The van der Waals surface area contributed by atoms with Crippen LogP contribution in [-0.2, 0) is 0 Å². The molecule has 80 valence electrons. The first-order chi connectivity index (χ1) is 7.19. The normalized spacial score (nSPS) is 11.9. The molecule has 1 rings (SSSR count). The number of aromatic nitrogens is 1. The van der Waals surface area contributed by atoms with Crippen LogP contribution in [-0.4, -0.2) is 16.7 Å². The van der Waals surface area contributed by atoms with Crippen molar-refractivity contribution in [2.75, 3.05) is 6.61 Å². The maximum absolute atomic E-state index is 9.41. The van der Waals surface area contributed by atoms with Gasteiger partial charge >= 0.3 is 0 Å². The molecular formula is C12H15NO2. The molecule has 3 heteroatoms. The highest BCUT2D eigenvalue weighted by atomic mass is 16.5. The van der Waals surface area contributed by atoms with Gasteiger partial charge in [0.25, 0.3) is 0 Å². The van der Waals surface area contributed by atoms with Crippen LogP contribution in [0.4, 0.5) is 0 Å². The van der Waals surface area contributed by atoms with Gasteiger partial charge in [-0.2, -0.15) is 0 Å². The van der Waals surface area contributed by atoms with Crippen LogP contribution in [0.15, 0.2) is 36.7 Å². The molecule has 15 heavy (non-hydrogen) atoms. The lowest BCUT2D eigenvalue weighted by Crippen LogP contribution is -1.95. The Morgan fingerprint density at radius 2 is 2.40 bits per heavy atom. The highest BCUT2D eigenvalue weighted by molar-refractivity contribution is 5.72. The molecule has 1 N–H and O–H groups in total. The fourth-order valence-electron chi connectivity index (χ4n) is 1.25. The fourth-order valence-corrected chi connectivity index (χ4v) is 1.25. The van der Waals surface area contributed by atoms with Crippen molar-refractivity contribution in [1.82, 2.24) is 4.98 Å². The second-order valence-electron chi connectivity index (χ2n) is 3.01. The molecule has 0 unspecified atom stereocenters.